The number of hydrogen-bond acceptors (Lipinski definition) is 4. The van der Waals surface area contributed by atoms with E-state index in [9.17, 15) is 0 Å². The maximum atomic E-state index is 5.04. The molecule has 0 aliphatic carbocycles. The molecule has 0 spiro atoms. The first kappa shape index (κ1) is 23.1. The Bertz CT molecular complexity index is 1390. The molecule has 0 saturated carbocycles. The van der Waals surface area contributed by atoms with Gasteiger partial charge in [-0.3, -0.25) is 9.98 Å². The Kier molecular flexibility index (Phi) is 6.92. The lowest BCUT2D eigenvalue weighted by Crippen LogP contribution is -2.23. The second kappa shape index (κ2) is 10.8. The summed E-state index contributed by atoms with van der Waals surface area (Å²) in [6, 6.07) is 16.9. The third kappa shape index (κ3) is 4.73. The van der Waals surface area contributed by atoms with Gasteiger partial charge in [0.2, 0.25) is 0 Å². The largest absolute Gasteiger partial charge is 0.314 e. The van der Waals surface area contributed by atoms with E-state index in [0.29, 0.717) is 0 Å². The molecule has 0 bridgehead atoms. The normalized spacial score (nSPS) is 15.8. The van der Waals surface area contributed by atoms with Crippen LogP contribution in [0.15, 0.2) is 58.5 Å². The third-order valence-corrected chi connectivity index (χ3v) is 7.58. The van der Waals surface area contributed by atoms with Crippen LogP contribution in [0.25, 0.3) is 21.8 Å². The quantitative estimate of drug-likeness (QED) is 0.312. The fraction of sp³-hybridized carbons (Fsp3) is 0.467. The first-order valence-corrected chi connectivity index (χ1v) is 13.9. The van der Waals surface area contributed by atoms with Crippen LogP contribution >= 0.6 is 0 Å². The standard InChI is InChI=1S/C30H36N6/c1(3-9-19-31-29-23-13-5-7-15-25(23)33-27-17-11-21-35(27)29)2-4-10-20-32-30-24-14-6-8-16-26(24)34-28-18-12-22-36(28)30/h5-8,13-16H,1-4,9-12,17-22H2. The molecule has 0 amide bonds. The van der Waals surface area contributed by atoms with E-state index < -0.39 is 0 Å². The van der Waals surface area contributed by atoms with Crippen molar-refractivity contribution in [1.82, 2.24) is 19.1 Å². The van der Waals surface area contributed by atoms with E-state index >= 15 is 0 Å². The topological polar surface area (TPSA) is 60.4 Å². The van der Waals surface area contributed by atoms with E-state index in [1.807, 2.05) is 0 Å². The summed E-state index contributed by atoms with van der Waals surface area (Å²) < 4.78 is 4.68. The molecule has 6 rings (SSSR count). The molecular weight excluding hydrogens is 444 g/mol. The second-order valence-corrected chi connectivity index (χ2v) is 10.1. The minimum Gasteiger partial charge on any atom is -0.314 e. The van der Waals surface area contributed by atoms with Crippen LogP contribution in [0.5, 0.6) is 0 Å². The van der Waals surface area contributed by atoms with Crippen LogP contribution in [0.1, 0.15) is 63.0 Å². The van der Waals surface area contributed by atoms with E-state index in [1.165, 1.54) is 60.9 Å². The average molecular weight is 481 g/mol. The van der Waals surface area contributed by atoms with Crippen LogP contribution in [0, 0.1) is 0 Å². The number of nitrogens with zero attached hydrogens (tertiary/aromatic N) is 6. The first-order chi connectivity index (χ1) is 17.9. The number of aromatic nitrogens is 4. The van der Waals surface area contributed by atoms with E-state index in [-0.39, 0.29) is 0 Å². The second-order valence-electron chi connectivity index (χ2n) is 10.1. The summed E-state index contributed by atoms with van der Waals surface area (Å²) in [5.41, 5.74) is 4.45. The Labute approximate surface area is 212 Å². The number of fused-ring (bicyclic) bond motifs is 4. The molecule has 4 aromatic rings. The monoisotopic (exact) mass is 480 g/mol. The van der Waals surface area contributed by atoms with Crippen molar-refractivity contribution in [3.63, 3.8) is 0 Å². The predicted octanol–water partition coefficient (Wildman–Crippen LogP) is 5.12. The molecule has 186 valence electrons. The van der Waals surface area contributed by atoms with E-state index in [0.717, 1.165) is 73.9 Å². The summed E-state index contributed by atoms with van der Waals surface area (Å²) in [6.07, 6.45) is 11.8. The van der Waals surface area contributed by atoms with Gasteiger partial charge in [0.1, 0.15) is 22.6 Å². The minimum atomic E-state index is 0.903. The third-order valence-electron chi connectivity index (χ3n) is 7.58. The van der Waals surface area contributed by atoms with Crippen LogP contribution in [0.4, 0.5) is 0 Å². The van der Waals surface area contributed by atoms with Crippen LogP contribution in [0.3, 0.4) is 0 Å². The molecule has 0 saturated heterocycles. The number of unbranched alkanes of at least 4 members (excludes halogenated alkanes) is 5. The molecule has 6 heteroatoms. The number of hydrogen-bond donors (Lipinski definition) is 0. The van der Waals surface area contributed by atoms with Crippen molar-refractivity contribution < 1.29 is 0 Å². The Morgan fingerprint density at radius 3 is 1.53 bits per heavy atom. The molecule has 0 unspecified atom stereocenters. The van der Waals surface area contributed by atoms with Crippen LogP contribution < -0.4 is 11.0 Å². The molecule has 0 radical (unpaired) electrons. The summed E-state index contributed by atoms with van der Waals surface area (Å²) in [7, 11) is 0. The number of para-hydroxylation sites is 2. The van der Waals surface area contributed by atoms with Crippen LogP contribution in [-0.2, 0) is 25.9 Å². The van der Waals surface area contributed by atoms with Crippen LogP contribution in [0.2, 0.25) is 0 Å². The minimum absolute atomic E-state index is 0.903. The SMILES string of the molecule is c1ccc2c(=NCCCCCCCCN=c3c4ccccc4nc4n3CCC4)n3c(nc2c1)CCC3. The number of benzene rings is 2. The van der Waals surface area contributed by atoms with E-state index in [1.54, 1.807) is 0 Å². The van der Waals surface area contributed by atoms with Gasteiger partial charge in [-0.25, -0.2) is 9.97 Å². The highest BCUT2D eigenvalue weighted by Gasteiger charge is 2.15. The summed E-state index contributed by atoms with van der Waals surface area (Å²) in [6.45, 7) is 3.90. The Hall–Kier alpha value is -3.28. The smallest absolute Gasteiger partial charge is 0.138 e. The Morgan fingerprint density at radius 1 is 0.583 bits per heavy atom. The summed E-state index contributed by atoms with van der Waals surface area (Å²) in [4.78, 5) is 19.8. The molecule has 0 fully saturated rings. The maximum Gasteiger partial charge on any atom is 0.138 e. The number of aryl methyl sites for hydroxylation is 2. The van der Waals surface area contributed by atoms with E-state index in [2.05, 4.69) is 57.7 Å². The van der Waals surface area contributed by atoms with Gasteiger partial charge in [0.15, 0.2) is 0 Å². The van der Waals surface area contributed by atoms with Gasteiger partial charge in [-0.2, -0.15) is 0 Å². The van der Waals surface area contributed by atoms with Crippen molar-refractivity contribution in [2.45, 2.75) is 77.3 Å². The van der Waals surface area contributed by atoms with Crippen molar-refractivity contribution in [2.75, 3.05) is 13.1 Å². The fourth-order valence-corrected chi connectivity index (χ4v) is 5.74. The average Bonchev–Trinajstić information content (AvgIpc) is 3.58. The van der Waals surface area contributed by atoms with Gasteiger partial charge in [-0.05, 0) is 49.9 Å². The Balaban J connectivity index is 0.993. The van der Waals surface area contributed by atoms with Crippen molar-refractivity contribution in [2.24, 2.45) is 9.98 Å². The zero-order valence-electron chi connectivity index (χ0n) is 21.2. The molecule has 2 aromatic carbocycles. The van der Waals surface area contributed by atoms with Gasteiger partial charge in [0.25, 0.3) is 0 Å². The molecule has 4 heterocycles. The molecule has 0 atom stereocenters. The lowest BCUT2D eigenvalue weighted by atomic mass is 10.1. The van der Waals surface area contributed by atoms with Crippen molar-refractivity contribution >= 4 is 21.8 Å². The van der Waals surface area contributed by atoms with Gasteiger partial charge < -0.3 is 9.13 Å². The molecule has 2 aliphatic heterocycles. The van der Waals surface area contributed by atoms with Gasteiger partial charge >= 0.3 is 0 Å². The Morgan fingerprint density at radius 2 is 1.03 bits per heavy atom. The van der Waals surface area contributed by atoms with Gasteiger partial charge in [0.05, 0.1) is 11.0 Å². The lowest BCUT2D eigenvalue weighted by Gasteiger charge is -2.08. The molecular formula is C30H36N6. The molecule has 6 nitrogen and oxygen atoms in total. The summed E-state index contributed by atoms with van der Waals surface area (Å²) in [5, 5.41) is 2.38. The van der Waals surface area contributed by atoms with Crippen LogP contribution in [-0.4, -0.2) is 32.2 Å². The lowest BCUT2D eigenvalue weighted by molar-refractivity contribution is 0.592. The van der Waals surface area contributed by atoms with Gasteiger partial charge in [0, 0.05) is 49.8 Å². The van der Waals surface area contributed by atoms with Crippen molar-refractivity contribution in [3.05, 3.63) is 71.2 Å². The highest BCUT2D eigenvalue weighted by atomic mass is 15.1. The van der Waals surface area contributed by atoms with Gasteiger partial charge in [-0.1, -0.05) is 49.9 Å². The van der Waals surface area contributed by atoms with Crippen molar-refractivity contribution in [3.8, 4) is 0 Å². The molecule has 2 aliphatic rings. The highest BCUT2D eigenvalue weighted by molar-refractivity contribution is 5.78. The molecule has 2 aromatic heterocycles. The molecule has 36 heavy (non-hydrogen) atoms. The fourth-order valence-electron chi connectivity index (χ4n) is 5.74. The van der Waals surface area contributed by atoms with E-state index in [4.69, 9.17) is 20.0 Å². The summed E-state index contributed by atoms with van der Waals surface area (Å²) >= 11 is 0. The highest BCUT2D eigenvalue weighted by Crippen LogP contribution is 2.16. The summed E-state index contributed by atoms with van der Waals surface area (Å²) in [5.74, 6) is 2.39. The first-order valence-electron chi connectivity index (χ1n) is 13.9. The number of rotatable bonds is 9. The zero-order chi connectivity index (χ0) is 24.2. The zero-order valence-corrected chi connectivity index (χ0v) is 21.2. The maximum absolute atomic E-state index is 5.04. The predicted molar refractivity (Wildman–Crippen MR) is 145 cm³/mol. The van der Waals surface area contributed by atoms with Crippen molar-refractivity contribution in [1.29, 1.82) is 0 Å². The van der Waals surface area contributed by atoms with Gasteiger partial charge in [-0.15, -0.1) is 0 Å². The molecule has 0 N–H and O–H groups in total.